The van der Waals surface area contributed by atoms with Gasteiger partial charge in [-0.1, -0.05) is 57.2 Å². The fraction of sp³-hybridized carbons (Fsp3) is 0.417. The number of hydrogen-bond donors (Lipinski definition) is 2. The molecular weight excluding hydrogens is 348 g/mol. The average molecular weight is 379 g/mol. The van der Waals surface area contributed by atoms with E-state index < -0.39 is 11.8 Å². The third-order valence-electron chi connectivity index (χ3n) is 5.53. The van der Waals surface area contributed by atoms with Crippen molar-refractivity contribution in [3.05, 3.63) is 64.7 Å². The van der Waals surface area contributed by atoms with E-state index in [1.165, 1.54) is 24.0 Å². The van der Waals surface area contributed by atoms with Gasteiger partial charge in [-0.25, -0.2) is 0 Å². The van der Waals surface area contributed by atoms with E-state index in [0.29, 0.717) is 5.69 Å². The molecule has 3 rings (SSSR count). The van der Waals surface area contributed by atoms with Gasteiger partial charge < -0.3 is 10.6 Å². The maximum absolute atomic E-state index is 12.5. The Morgan fingerprint density at radius 2 is 1.68 bits per heavy atom. The zero-order chi connectivity index (χ0) is 20.1. The second-order valence-corrected chi connectivity index (χ2v) is 7.87. The molecule has 0 saturated heterocycles. The predicted octanol–water partition coefficient (Wildman–Crippen LogP) is 4.89. The van der Waals surface area contributed by atoms with Crippen LogP contribution in [0.25, 0.3) is 0 Å². The molecule has 0 heterocycles. The number of nitrogens with one attached hydrogen (secondary N) is 2. The molecule has 4 heteroatoms. The Balaban J connectivity index is 1.69. The molecule has 0 spiro atoms. The number of aryl methyl sites for hydroxylation is 2. The number of hydrogen-bond acceptors (Lipinski definition) is 2. The molecule has 1 aliphatic carbocycles. The molecule has 2 aromatic rings. The van der Waals surface area contributed by atoms with Gasteiger partial charge in [-0.05, 0) is 66.3 Å². The van der Waals surface area contributed by atoms with E-state index in [2.05, 4.69) is 42.7 Å². The molecule has 1 aliphatic rings. The minimum absolute atomic E-state index is 0.161. The number of amides is 2. The summed E-state index contributed by atoms with van der Waals surface area (Å²) in [6, 6.07) is 13.9. The van der Waals surface area contributed by atoms with Crippen LogP contribution in [0.15, 0.2) is 42.5 Å². The molecule has 28 heavy (non-hydrogen) atoms. The van der Waals surface area contributed by atoms with Crippen molar-refractivity contribution in [3.63, 3.8) is 0 Å². The molecule has 0 radical (unpaired) electrons. The van der Waals surface area contributed by atoms with Gasteiger partial charge in [-0.3, -0.25) is 9.59 Å². The highest BCUT2D eigenvalue weighted by atomic mass is 16.2. The summed E-state index contributed by atoms with van der Waals surface area (Å²) in [6.07, 6.45) is 5.44. The van der Waals surface area contributed by atoms with Crippen LogP contribution in [-0.4, -0.2) is 11.8 Å². The fourth-order valence-electron chi connectivity index (χ4n) is 3.91. The van der Waals surface area contributed by atoms with E-state index in [0.717, 1.165) is 30.4 Å². The van der Waals surface area contributed by atoms with Gasteiger partial charge in [0.05, 0.1) is 6.04 Å². The molecule has 1 atom stereocenters. The number of fused-ring (bicyclic) bond motifs is 1. The zero-order valence-corrected chi connectivity index (χ0v) is 17.0. The van der Waals surface area contributed by atoms with Crippen molar-refractivity contribution in [2.24, 2.45) is 0 Å². The predicted molar refractivity (Wildman–Crippen MR) is 113 cm³/mol. The van der Waals surface area contributed by atoms with Gasteiger partial charge in [0.2, 0.25) is 0 Å². The molecule has 0 saturated carbocycles. The summed E-state index contributed by atoms with van der Waals surface area (Å²) in [5.74, 6) is -0.953. The number of carbonyl (C=O) groups excluding carboxylic acids is 2. The Bertz CT molecular complexity index is 857. The van der Waals surface area contributed by atoms with Crippen molar-refractivity contribution in [1.82, 2.24) is 5.32 Å². The normalized spacial score (nSPS) is 14.3. The third kappa shape index (κ3) is 4.61. The van der Waals surface area contributed by atoms with Gasteiger partial charge >= 0.3 is 11.8 Å². The second kappa shape index (κ2) is 9.05. The van der Waals surface area contributed by atoms with Gasteiger partial charge in [-0.2, -0.15) is 0 Å². The van der Waals surface area contributed by atoms with E-state index in [4.69, 9.17) is 0 Å². The van der Waals surface area contributed by atoms with Crippen LogP contribution in [0.4, 0.5) is 5.69 Å². The smallest absolute Gasteiger partial charge is 0.313 e. The molecule has 4 nitrogen and oxygen atoms in total. The van der Waals surface area contributed by atoms with Crippen molar-refractivity contribution in [1.29, 1.82) is 0 Å². The Morgan fingerprint density at radius 1 is 0.964 bits per heavy atom. The first kappa shape index (κ1) is 20.1. The van der Waals surface area contributed by atoms with Crippen LogP contribution in [0.5, 0.6) is 0 Å². The monoisotopic (exact) mass is 378 g/mol. The molecule has 2 amide bonds. The summed E-state index contributed by atoms with van der Waals surface area (Å²) in [6.45, 7) is 6.15. The second-order valence-electron chi connectivity index (χ2n) is 7.87. The highest BCUT2D eigenvalue weighted by molar-refractivity contribution is 6.39. The van der Waals surface area contributed by atoms with E-state index in [-0.39, 0.29) is 12.0 Å². The summed E-state index contributed by atoms with van der Waals surface area (Å²) in [7, 11) is 0. The Hall–Kier alpha value is -2.62. The Morgan fingerprint density at radius 3 is 2.39 bits per heavy atom. The maximum atomic E-state index is 12.5. The lowest BCUT2D eigenvalue weighted by atomic mass is 9.89. The van der Waals surface area contributed by atoms with Crippen molar-refractivity contribution in [2.75, 3.05) is 5.32 Å². The molecule has 0 fully saturated rings. The lowest BCUT2D eigenvalue weighted by Crippen LogP contribution is -2.38. The maximum Gasteiger partial charge on any atom is 0.313 e. The fourth-order valence-corrected chi connectivity index (χ4v) is 3.91. The zero-order valence-electron chi connectivity index (χ0n) is 17.0. The number of carbonyl (C=O) groups is 2. The SMILES string of the molecule is CCC(NC(=O)C(=O)Nc1ccccc1C(C)C)c1ccc2c(c1)CCCC2. The van der Waals surface area contributed by atoms with Crippen molar-refractivity contribution < 1.29 is 9.59 Å². The lowest BCUT2D eigenvalue weighted by Gasteiger charge is -2.21. The summed E-state index contributed by atoms with van der Waals surface area (Å²) in [5, 5.41) is 5.68. The number of anilines is 1. The molecule has 2 N–H and O–H groups in total. The molecule has 0 aliphatic heterocycles. The van der Waals surface area contributed by atoms with Crippen molar-refractivity contribution in [2.45, 2.75) is 64.8 Å². The van der Waals surface area contributed by atoms with Crippen LogP contribution >= 0.6 is 0 Å². The summed E-state index contributed by atoms with van der Waals surface area (Å²) in [5.41, 5.74) is 5.59. The lowest BCUT2D eigenvalue weighted by molar-refractivity contribution is -0.136. The first-order valence-electron chi connectivity index (χ1n) is 10.3. The molecule has 0 aromatic heterocycles. The highest BCUT2D eigenvalue weighted by Crippen LogP contribution is 2.26. The van der Waals surface area contributed by atoms with Crippen LogP contribution in [0, 0.1) is 0 Å². The van der Waals surface area contributed by atoms with Crippen LogP contribution in [0.3, 0.4) is 0 Å². The summed E-state index contributed by atoms with van der Waals surface area (Å²) in [4.78, 5) is 25.0. The minimum Gasteiger partial charge on any atom is -0.341 e. The first-order chi connectivity index (χ1) is 13.5. The van der Waals surface area contributed by atoms with E-state index in [1.54, 1.807) is 0 Å². The van der Waals surface area contributed by atoms with Crippen molar-refractivity contribution >= 4 is 17.5 Å². The van der Waals surface area contributed by atoms with Crippen LogP contribution < -0.4 is 10.6 Å². The van der Waals surface area contributed by atoms with Gasteiger partial charge in [0.1, 0.15) is 0 Å². The van der Waals surface area contributed by atoms with Gasteiger partial charge in [-0.15, -0.1) is 0 Å². The first-order valence-corrected chi connectivity index (χ1v) is 10.3. The highest BCUT2D eigenvalue weighted by Gasteiger charge is 2.21. The van der Waals surface area contributed by atoms with Gasteiger partial charge in [0.25, 0.3) is 0 Å². The van der Waals surface area contributed by atoms with Gasteiger partial charge in [0.15, 0.2) is 0 Å². The van der Waals surface area contributed by atoms with Crippen LogP contribution in [-0.2, 0) is 22.4 Å². The van der Waals surface area contributed by atoms with E-state index in [1.807, 2.05) is 31.2 Å². The summed E-state index contributed by atoms with van der Waals surface area (Å²) < 4.78 is 0. The van der Waals surface area contributed by atoms with Gasteiger partial charge in [0, 0.05) is 5.69 Å². The minimum atomic E-state index is -0.621. The molecule has 1 unspecified atom stereocenters. The van der Waals surface area contributed by atoms with Crippen LogP contribution in [0.2, 0.25) is 0 Å². The molecular formula is C24H30N2O2. The largest absolute Gasteiger partial charge is 0.341 e. The number of para-hydroxylation sites is 1. The topological polar surface area (TPSA) is 58.2 Å². The average Bonchev–Trinajstić information content (AvgIpc) is 2.71. The van der Waals surface area contributed by atoms with E-state index in [9.17, 15) is 9.59 Å². The molecule has 0 bridgehead atoms. The third-order valence-corrected chi connectivity index (χ3v) is 5.53. The van der Waals surface area contributed by atoms with Crippen molar-refractivity contribution in [3.8, 4) is 0 Å². The number of rotatable bonds is 5. The molecule has 148 valence electrons. The number of benzene rings is 2. The van der Waals surface area contributed by atoms with Crippen LogP contribution in [0.1, 0.15) is 74.2 Å². The molecule has 2 aromatic carbocycles. The summed E-state index contributed by atoms with van der Waals surface area (Å²) >= 11 is 0. The van der Waals surface area contributed by atoms with E-state index >= 15 is 0 Å². The standard InChI is InChI=1S/C24H30N2O2/c1-4-21(19-14-13-17-9-5-6-10-18(17)15-19)25-23(27)24(28)26-22-12-8-7-11-20(22)16(2)3/h7-8,11-16,21H,4-6,9-10H2,1-3H3,(H,25,27)(H,26,28). The Labute approximate surface area is 167 Å². The Kier molecular flexibility index (Phi) is 6.50. The quantitative estimate of drug-likeness (QED) is 0.728.